The van der Waals surface area contributed by atoms with Crippen LogP contribution in [0.25, 0.3) is 0 Å². The van der Waals surface area contributed by atoms with Crippen molar-refractivity contribution in [2.75, 3.05) is 70.3 Å². The van der Waals surface area contributed by atoms with Gasteiger partial charge in [-0.3, -0.25) is 34.8 Å². The molecule has 12 heteroatoms. The van der Waals surface area contributed by atoms with Crippen molar-refractivity contribution in [3.63, 3.8) is 0 Å². The SMILES string of the molecule is C#CCN(C)C/C=C/C(=O)N1CCN(Cc2cc3c(c(C(F)(F)F)c2)CN(c2cccc(C)c2N(C)NC=NC)C3=O)CC1. The van der Waals surface area contributed by atoms with Gasteiger partial charge in [0, 0.05) is 65.0 Å². The number of fused-ring (bicyclic) bond motifs is 1. The summed E-state index contributed by atoms with van der Waals surface area (Å²) in [6, 6.07) is 8.12. The Bertz CT molecular complexity index is 1470. The van der Waals surface area contributed by atoms with Crippen LogP contribution in [0.4, 0.5) is 24.5 Å². The summed E-state index contributed by atoms with van der Waals surface area (Å²) in [6.07, 6.45) is 5.44. The van der Waals surface area contributed by atoms with E-state index < -0.39 is 17.6 Å². The Labute approximate surface area is 256 Å². The molecule has 1 fully saturated rings. The van der Waals surface area contributed by atoms with E-state index in [9.17, 15) is 22.8 Å². The van der Waals surface area contributed by atoms with Gasteiger partial charge in [0.05, 0.1) is 30.0 Å². The molecule has 4 rings (SSSR count). The fourth-order valence-electron chi connectivity index (χ4n) is 5.56. The largest absolute Gasteiger partial charge is 0.416 e. The van der Waals surface area contributed by atoms with E-state index in [2.05, 4.69) is 16.3 Å². The van der Waals surface area contributed by atoms with Gasteiger partial charge >= 0.3 is 6.18 Å². The molecule has 0 unspecified atom stereocenters. The molecule has 0 radical (unpaired) electrons. The summed E-state index contributed by atoms with van der Waals surface area (Å²) in [5.74, 6) is 1.95. The summed E-state index contributed by atoms with van der Waals surface area (Å²) >= 11 is 0. The number of nitrogens with zero attached hydrogens (tertiary/aromatic N) is 6. The number of aliphatic imine (C=N–C) groups is 1. The smallest absolute Gasteiger partial charge is 0.337 e. The number of alkyl halides is 3. The molecule has 9 nitrogen and oxygen atoms in total. The Kier molecular flexibility index (Phi) is 10.3. The van der Waals surface area contributed by atoms with Crippen molar-refractivity contribution in [3.05, 3.63) is 70.3 Å². The Balaban J connectivity index is 1.51. The first-order valence-corrected chi connectivity index (χ1v) is 14.3. The molecular formula is C32H38F3N7O2. The summed E-state index contributed by atoms with van der Waals surface area (Å²) < 4.78 is 43.1. The van der Waals surface area contributed by atoms with Crippen LogP contribution in [0.5, 0.6) is 0 Å². The van der Waals surface area contributed by atoms with E-state index in [1.54, 1.807) is 48.3 Å². The molecule has 234 valence electrons. The van der Waals surface area contributed by atoms with Crippen molar-refractivity contribution < 1.29 is 22.8 Å². The molecule has 0 aromatic heterocycles. The molecule has 44 heavy (non-hydrogen) atoms. The summed E-state index contributed by atoms with van der Waals surface area (Å²) in [4.78, 5) is 37.2. The molecule has 0 saturated carbocycles. The summed E-state index contributed by atoms with van der Waals surface area (Å²) in [5, 5.41) is 1.68. The van der Waals surface area contributed by atoms with Crippen molar-refractivity contribution in [1.29, 1.82) is 0 Å². The average Bonchev–Trinajstić information content (AvgIpc) is 3.31. The van der Waals surface area contributed by atoms with Gasteiger partial charge in [-0.25, -0.2) is 0 Å². The Morgan fingerprint density at radius 3 is 2.57 bits per heavy atom. The number of terminal acetylenes is 1. The second kappa shape index (κ2) is 14.0. The number of para-hydroxylation sites is 1. The van der Waals surface area contributed by atoms with Crippen molar-refractivity contribution in [3.8, 4) is 12.3 Å². The number of anilines is 2. The van der Waals surface area contributed by atoms with Gasteiger partial charge in [-0.2, -0.15) is 13.2 Å². The molecule has 0 bridgehead atoms. The minimum atomic E-state index is -4.63. The van der Waals surface area contributed by atoms with Crippen LogP contribution in [0.2, 0.25) is 0 Å². The number of likely N-dealkylation sites (N-methyl/N-ethyl adjacent to an activating group) is 1. The number of amides is 2. The van der Waals surface area contributed by atoms with Gasteiger partial charge in [0.1, 0.15) is 6.34 Å². The molecule has 2 amide bonds. The van der Waals surface area contributed by atoms with Crippen LogP contribution in [0.1, 0.15) is 32.6 Å². The zero-order valence-electron chi connectivity index (χ0n) is 25.5. The lowest BCUT2D eigenvalue weighted by atomic mass is 9.98. The molecule has 2 aliphatic heterocycles. The first kappa shape index (κ1) is 32.6. The van der Waals surface area contributed by atoms with Gasteiger partial charge < -0.3 is 9.80 Å². The molecule has 0 spiro atoms. The van der Waals surface area contributed by atoms with E-state index in [1.807, 2.05) is 29.8 Å². The van der Waals surface area contributed by atoms with Crippen LogP contribution in [-0.2, 0) is 24.1 Å². The lowest BCUT2D eigenvalue weighted by molar-refractivity contribution is -0.138. The number of rotatable bonds is 10. The quantitative estimate of drug-likeness (QED) is 0.146. The minimum absolute atomic E-state index is 0.0282. The zero-order valence-corrected chi connectivity index (χ0v) is 25.5. The van der Waals surface area contributed by atoms with Crippen LogP contribution in [0.3, 0.4) is 0 Å². The van der Waals surface area contributed by atoms with E-state index in [-0.39, 0.29) is 30.1 Å². The van der Waals surface area contributed by atoms with E-state index >= 15 is 0 Å². The number of benzene rings is 2. The van der Waals surface area contributed by atoms with Crippen molar-refractivity contribution >= 4 is 29.5 Å². The predicted octanol–water partition coefficient (Wildman–Crippen LogP) is 3.54. The first-order chi connectivity index (χ1) is 20.9. The number of hydrogen-bond donors (Lipinski definition) is 1. The highest BCUT2D eigenvalue weighted by Crippen LogP contribution is 2.42. The molecule has 2 heterocycles. The van der Waals surface area contributed by atoms with Crippen molar-refractivity contribution in [2.24, 2.45) is 4.99 Å². The lowest BCUT2D eigenvalue weighted by Gasteiger charge is -2.34. The van der Waals surface area contributed by atoms with Gasteiger partial charge in [-0.15, -0.1) is 6.42 Å². The molecule has 1 N–H and O–H groups in total. The van der Waals surface area contributed by atoms with Crippen LogP contribution >= 0.6 is 0 Å². The highest BCUT2D eigenvalue weighted by atomic mass is 19.4. The molecule has 2 aromatic rings. The van der Waals surface area contributed by atoms with Crippen LogP contribution in [-0.4, -0.2) is 93.3 Å². The van der Waals surface area contributed by atoms with Crippen LogP contribution < -0.4 is 15.3 Å². The summed E-state index contributed by atoms with van der Waals surface area (Å²) in [5.41, 5.74) is 4.62. The monoisotopic (exact) mass is 609 g/mol. The van der Waals surface area contributed by atoms with Gasteiger partial charge in [0.25, 0.3) is 5.91 Å². The molecular weight excluding hydrogens is 571 g/mol. The maximum Gasteiger partial charge on any atom is 0.416 e. The van der Waals surface area contributed by atoms with Gasteiger partial charge in [-0.05, 0) is 48.9 Å². The normalized spacial score (nSPS) is 15.8. The number of aryl methyl sites for hydroxylation is 1. The van der Waals surface area contributed by atoms with Gasteiger partial charge in [0.2, 0.25) is 5.91 Å². The summed E-state index contributed by atoms with van der Waals surface area (Å²) in [7, 11) is 5.23. The maximum absolute atomic E-state index is 14.4. The number of nitrogens with one attached hydrogen (secondary N) is 1. The summed E-state index contributed by atoms with van der Waals surface area (Å²) in [6.45, 7) is 4.86. The van der Waals surface area contributed by atoms with E-state index in [4.69, 9.17) is 6.42 Å². The fourth-order valence-corrected chi connectivity index (χ4v) is 5.56. The third kappa shape index (κ3) is 7.41. The van der Waals surface area contributed by atoms with Crippen LogP contribution in [0, 0.1) is 19.3 Å². The van der Waals surface area contributed by atoms with E-state index in [0.29, 0.717) is 56.2 Å². The van der Waals surface area contributed by atoms with Gasteiger partial charge in [0.15, 0.2) is 0 Å². The lowest BCUT2D eigenvalue weighted by Crippen LogP contribution is -2.47. The second-order valence-electron chi connectivity index (χ2n) is 11.0. The van der Waals surface area contributed by atoms with Crippen LogP contribution in [0.15, 0.2) is 47.5 Å². The first-order valence-electron chi connectivity index (χ1n) is 14.3. The number of hydrazine groups is 1. The number of halogens is 3. The minimum Gasteiger partial charge on any atom is -0.337 e. The number of piperazine rings is 1. The fraction of sp³-hybridized carbons (Fsp3) is 0.406. The zero-order chi connectivity index (χ0) is 32.0. The van der Waals surface area contributed by atoms with Gasteiger partial charge in [-0.1, -0.05) is 24.1 Å². The molecule has 0 atom stereocenters. The van der Waals surface area contributed by atoms with Crippen molar-refractivity contribution in [2.45, 2.75) is 26.2 Å². The molecule has 2 aliphatic rings. The van der Waals surface area contributed by atoms with Crippen molar-refractivity contribution in [1.82, 2.24) is 20.1 Å². The average molecular weight is 610 g/mol. The van der Waals surface area contributed by atoms with E-state index in [0.717, 1.165) is 11.6 Å². The second-order valence-corrected chi connectivity index (χ2v) is 11.0. The standard InChI is InChI=1S/C32H38F3N7O2/c1-6-12-38(4)13-8-11-29(43)41-16-14-40(15-17-41)20-24-18-25-26(27(19-24)32(33,34)35)21-42(31(25)44)28-10-7-9-23(2)30(28)39(5)37-22-36-3/h1,7-11,18-19,22H,12-17,20-21H2,2-5H3,(H,36,37)/b11-8+. The maximum atomic E-state index is 14.4. The third-order valence-electron chi connectivity index (χ3n) is 7.76. The van der Waals surface area contributed by atoms with E-state index in [1.165, 1.54) is 17.3 Å². The predicted molar refractivity (Wildman–Crippen MR) is 166 cm³/mol. The Hall–Kier alpha value is -4.34. The molecule has 2 aromatic carbocycles. The Morgan fingerprint density at radius 2 is 1.91 bits per heavy atom. The highest BCUT2D eigenvalue weighted by molar-refractivity contribution is 6.12. The topological polar surface area (TPSA) is 74.7 Å². The molecule has 0 aliphatic carbocycles. The Morgan fingerprint density at radius 1 is 1.18 bits per heavy atom. The molecule has 1 saturated heterocycles. The number of carbonyl (C=O) groups excluding carboxylic acids is 2. The third-order valence-corrected chi connectivity index (χ3v) is 7.76. The highest BCUT2D eigenvalue weighted by Gasteiger charge is 2.41. The number of hydrogen-bond acceptors (Lipinski definition) is 6. The number of carbonyl (C=O) groups is 2.